The van der Waals surface area contributed by atoms with E-state index in [-0.39, 0.29) is 0 Å². The molecular formula is C32H42. The third kappa shape index (κ3) is 6.35. The number of hydrogen-bond acceptors (Lipinski definition) is 0. The lowest BCUT2D eigenvalue weighted by atomic mass is 9.60. The number of benzene rings is 2. The summed E-state index contributed by atoms with van der Waals surface area (Å²) in [5.74, 6) is 1.51. The molecule has 3 atom stereocenters. The summed E-state index contributed by atoms with van der Waals surface area (Å²) in [5.41, 5.74) is 4.53. The first-order valence-electron chi connectivity index (χ1n) is 12.6. The molecule has 3 unspecified atom stereocenters. The number of rotatable bonds is 9. The average Bonchev–Trinajstić information content (AvgIpc) is 2.79. The van der Waals surface area contributed by atoms with Gasteiger partial charge in [0, 0.05) is 0 Å². The molecule has 0 bridgehead atoms. The molecule has 1 saturated carbocycles. The minimum Gasteiger partial charge on any atom is -0.0952 e. The average molecular weight is 427 g/mol. The third-order valence-electron chi connectivity index (χ3n) is 7.47. The second kappa shape index (κ2) is 11.5. The van der Waals surface area contributed by atoms with Crippen LogP contribution in [0.5, 0.6) is 0 Å². The van der Waals surface area contributed by atoms with Crippen LogP contribution in [-0.2, 0) is 0 Å². The maximum absolute atomic E-state index is 4.46. The Balaban J connectivity index is 1.68. The molecule has 0 aliphatic heterocycles. The minimum atomic E-state index is 0.479. The summed E-state index contributed by atoms with van der Waals surface area (Å²) in [7, 11) is 0. The van der Waals surface area contributed by atoms with Crippen LogP contribution >= 0.6 is 0 Å². The van der Waals surface area contributed by atoms with E-state index in [9.17, 15) is 0 Å². The second-order valence-electron chi connectivity index (χ2n) is 10.2. The summed E-state index contributed by atoms with van der Waals surface area (Å²) in [4.78, 5) is 0. The Morgan fingerprint density at radius 2 is 1.75 bits per heavy atom. The van der Waals surface area contributed by atoms with E-state index >= 15 is 0 Å². The highest BCUT2D eigenvalue weighted by molar-refractivity contribution is 5.56. The van der Waals surface area contributed by atoms with Crippen molar-refractivity contribution in [2.24, 2.45) is 11.3 Å². The van der Waals surface area contributed by atoms with Crippen molar-refractivity contribution >= 4 is 12.7 Å². The van der Waals surface area contributed by atoms with E-state index in [1.54, 1.807) is 5.56 Å². The topological polar surface area (TPSA) is 0 Å². The van der Waals surface area contributed by atoms with Crippen molar-refractivity contribution in [1.82, 2.24) is 0 Å². The summed E-state index contributed by atoms with van der Waals surface area (Å²) < 4.78 is 0. The van der Waals surface area contributed by atoms with Gasteiger partial charge in [-0.1, -0.05) is 94.1 Å². The largest absolute Gasteiger partial charge is 0.0952 e. The predicted molar refractivity (Wildman–Crippen MR) is 142 cm³/mol. The maximum atomic E-state index is 4.46. The maximum Gasteiger partial charge on any atom is -0.0154 e. The van der Waals surface area contributed by atoms with E-state index in [4.69, 9.17) is 0 Å². The molecular weight excluding hydrogens is 384 g/mol. The smallest absolute Gasteiger partial charge is 0.0154 e. The van der Waals surface area contributed by atoms with Gasteiger partial charge in [0.2, 0.25) is 0 Å². The Hall–Kier alpha value is -2.34. The van der Waals surface area contributed by atoms with E-state index in [2.05, 4.69) is 94.6 Å². The van der Waals surface area contributed by atoms with Gasteiger partial charge in [-0.3, -0.25) is 0 Å². The van der Waals surface area contributed by atoms with Crippen molar-refractivity contribution in [3.63, 3.8) is 0 Å². The van der Waals surface area contributed by atoms with E-state index in [1.165, 1.54) is 61.3 Å². The minimum absolute atomic E-state index is 0.479. The van der Waals surface area contributed by atoms with Gasteiger partial charge in [0.15, 0.2) is 0 Å². The van der Waals surface area contributed by atoms with Crippen molar-refractivity contribution in [3.05, 3.63) is 94.4 Å². The normalized spacial score (nSPS) is 24.5. The molecule has 1 fully saturated rings. The Bertz CT molecular complexity index is 1010. The molecule has 0 heterocycles. The molecule has 0 saturated heterocycles. The molecule has 1 aliphatic carbocycles. The van der Waals surface area contributed by atoms with E-state index < -0.39 is 0 Å². The summed E-state index contributed by atoms with van der Waals surface area (Å²) >= 11 is 0. The van der Waals surface area contributed by atoms with Crippen LogP contribution in [0, 0.1) is 11.3 Å². The zero-order chi connectivity index (χ0) is 23.0. The second-order valence-corrected chi connectivity index (χ2v) is 10.2. The summed E-state index contributed by atoms with van der Waals surface area (Å²) in [6.07, 6.45) is 14.8. The lowest BCUT2D eigenvalue weighted by molar-refractivity contribution is 0.100. The van der Waals surface area contributed by atoms with E-state index in [1.807, 2.05) is 6.07 Å². The molecule has 0 aromatic heterocycles. The zero-order valence-corrected chi connectivity index (χ0v) is 20.6. The molecule has 2 aromatic rings. The molecule has 2 aromatic carbocycles. The van der Waals surface area contributed by atoms with Crippen LogP contribution in [0.1, 0.15) is 83.6 Å². The Morgan fingerprint density at radius 3 is 2.44 bits per heavy atom. The van der Waals surface area contributed by atoms with Crippen LogP contribution < -0.4 is 10.4 Å². The van der Waals surface area contributed by atoms with Crippen LogP contribution in [0.15, 0.2) is 78.4 Å². The molecule has 0 spiro atoms. The van der Waals surface area contributed by atoms with Gasteiger partial charge in [-0.05, 0) is 102 Å². The van der Waals surface area contributed by atoms with Crippen LogP contribution in [0.2, 0.25) is 0 Å². The summed E-state index contributed by atoms with van der Waals surface area (Å²) in [5, 5.41) is 2.26. The summed E-state index contributed by atoms with van der Waals surface area (Å²) in [6.45, 7) is 15.6. The zero-order valence-electron chi connectivity index (χ0n) is 20.6. The molecule has 0 N–H and O–H groups in total. The fraction of sp³-hybridized carbons (Fsp3) is 0.438. The van der Waals surface area contributed by atoms with Gasteiger partial charge < -0.3 is 0 Å². The van der Waals surface area contributed by atoms with Crippen molar-refractivity contribution < 1.29 is 0 Å². The summed E-state index contributed by atoms with van der Waals surface area (Å²) in [6, 6.07) is 19.6. The lowest BCUT2D eigenvalue weighted by Crippen LogP contribution is -2.32. The predicted octanol–water partition coefficient (Wildman–Crippen LogP) is 7.94. The molecule has 0 amide bonds. The molecule has 170 valence electrons. The third-order valence-corrected chi connectivity index (χ3v) is 7.47. The molecule has 0 heteroatoms. The molecule has 0 radical (unpaired) electrons. The van der Waals surface area contributed by atoms with Gasteiger partial charge in [0.05, 0.1) is 0 Å². The van der Waals surface area contributed by atoms with Crippen LogP contribution in [-0.4, -0.2) is 0 Å². The van der Waals surface area contributed by atoms with Crippen molar-refractivity contribution in [2.75, 3.05) is 0 Å². The quantitative estimate of drug-likeness (QED) is 0.357. The highest BCUT2D eigenvalue weighted by atomic mass is 14.4. The Morgan fingerprint density at radius 1 is 1.03 bits per heavy atom. The van der Waals surface area contributed by atoms with Crippen LogP contribution in [0.25, 0.3) is 12.7 Å². The highest BCUT2D eigenvalue weighted by Gasteiger charge is 2.38. The Labute approximate surface area is 196 Å². The first kappa shape index (κ1) is 24.3. The van der Waals surface area contributed by atoms with Gasteiger partial charge >= 0.3 is 0 Å². The fourth-order valence-electron chi connectivity index (χ4n) is 6.09. The van der Waals surface area contributed by atoms with E-state index in [0.29, 0.717) is 11.3 Å². The van der Waals surface area contributed by atoms with Crippen LogP contribution in [0.4, 0.5) is 0 Å². The highest BCUT2D eigenvalue weighted by Crippen LogP contribution is 2.51. The SMILES string of the molecule is C=C(CCCC1(CCC)CC(C)CC(c2ccccc2)C1)C(=CC)/C=c1/ccccc1=C. The number of hydrogen-bond donors (Lipinski definition) is 0. The van der Waals surface area contributed by atoms with Crippen molar-refractivity contribution in [3.8, 4) is 0 Å². The number of allylic oxidation sites excluding steroid dienone is 3. The van der Waals surface area contributed by atoms with Crippen LogP contribution in [0.3, 0.4) is 0 Å². The molecule has 0 nitrogen and oxygen atoms in total. The standard InChI is InChI=1S/C32H42/c1-6-19-32(23-25(3)21-31(24-32)29-16-9-8-10-17-29)20-13-15-26(4)28(7-2)22-30-18-12-11-14-27(30)5/h7-12,14,16-18,22,25,31H,4-6,13,15,19-21,23-24H2,1-3H3/b28-7?,30-22-. The fourth-order valence-corrected chi connectivity index (χ4v) is 6.09. The van der Waals surface area contributed by atoms with Gasteiger partial charge in [-0.15, -0.1) is 0 Å². The van der Waals surface area contributed by atoms with Crippen molar-refractivity contribution in [2.45, 2.75) is 78.1 Å². The van der Waals surface area contributed by atoms with Gasteiger partial charge in [0.25, 0.3) is 0 Å². The Kier molecular flexibility index (Phi) is 8.74. The van der Waals surface area contributed by atoms with Gasteiger partial charge in [0.1, 0.15) is 0 Å². The van der Waals surface area contributed by atoms with Crippen molar-refractivity contribution in [1.29, 1.82) is 0 Å². The van der Waals surface area contributed by atoms with Gasteiger partial charge in [-0.25, -0.2) is 0 Å². The monoisotopic (exact) mass is 426 g/mol. The molecule has 1 aliphatic rings. The first-order chi connectivity index (χ1) is 15.5. The first-order valence-corrected chi connectivity index (χ1v) is 12.6. The van der Waals surface area contributed by atoms with Gasteiger partial charge in [-0.2, -0.15) is 0 Å². The van der Waals surface area contributed by atoms with E-state index in [0.717, 1.165) is 17.6 Å². The molecule has 32 heavy (non-hydrogen) atoms. The molecule has 3 rings (SSSR count). The lowest BCUT2D eigenvalue weighted by Gasteiger charge is -2.44.